The molecule has 0 N–H and O–H groups in total. The topological polar surface area (TPSA) is 15.6 Å². The van der Waals surface area contributed by atoms with E-state index >= 15 is 0 Å². The van der Waals surface area contributed by atoms with Gasteiger partial charge in [0.2, 0.25) is 0 Å². The van der Waals surface area contributed by atoms with Crippen molar-refractivity contribution < 1.29 is 0 Å². The average molecular weight is 320 g/mol. The van der Waals surface area contributed by atoms with Crippen LogP contribution in [0, 0.1) is 6.92 Å². The van der Waals surface area contributed by atoms with Gasteiger partial charge in [-0.2, -0.15) is 0 Å². The van der Waals surface area contributed by atoms with Gasteiger partial charge in [-0.15, -0.1) is 0 Å². The molecule has 0 bridgehead atoms. The van der Waals surface area contributed by atoms with E-state index in [2.05, 4.69) is 73.1 Å². The van der Waals surface area contributed by atoms with Crippen molar-refractivity contribution in [1.82, 2.24) is 0 Å². The molecule has 1 atom stereocenters. The van der Waals surface area contributed by atoms with Crippen molar-refractivity contribution in [2.75, 3.05) is 18.0 Å². The molecule has 0 spiro atoms. The van der Waals surface area contributed by atoms with E-state index < -0.39 is 0 Å². The average Bonchev–Trinajstić information content (AvgIpc) is 3.15. The highest BCUT2D eigenvalue weighted by Gasteiger charge is 2.12. The Balaban J connectivity index is 1.72. The van der Waals surface area contributed by atoms with Gasteiger partial charge < -0.3 is 4.90 Å². The van der Waals surface area contributed by atoms with Crippen LogP contribution in [-0.2, 0) is 0 Å². The van der Waals surface area contributed by atoms with Crippen molar-refractivity contribution in [3.8, 4) is 0 Å². The van der Waals surface area contributed by atoms with Gasteiger partial charge in [0.15, 0.2) is 0 Å². The van der Waals surface area contributed by atoms with E-state index in [1.807, 2.05) is 6.21 Å². The highest BCUT2D eigenvalue weighted by Crippen LogP contribution is 2.24. The summed E-state index contributed by atoms with van der Waals surface area (Å²) >= 11 is 0. The minimum atomic E-state index is 0.614. The Morgan fingerprint density at radius 3 is 2.42 bits per heavy atom. The molecule has 0 aromatic heterocycles. The van der Waals surface area contributed by atoms with E-state index in [4.69, 9.17) is 0 Å². The van der Waals surface area contributed by atoms with Crippen LogP contribution in [0.5, 0.6) is 0 Å². The Morgan fingerprint density at radius 1 is 1.08 bits per heavy atom. The molecular formula is C22H28N2. The second-order valence-electron chi connectivity index (χ2n) is 6.89. The van der Waals surface area contributed by atoms with Crippen LogP contribution in [0.4, 0.5) is 11.4 Å². The lowest BCUT2D eigenvalue weighted by molar-refractivity contribution is 0.734. The normalized spacial score (nSPS) is 16.0. The van der Waals surface area contributed by atoms with Gasteiger partial charge in [0.1, 0.15) is 0 Å². The van der Waals surface area contributed by atoms with Crippen molar-refractivity contribution in [3.63, 3.8) is 0 Å². The Hall–Kier alpha value is -2.09. The zero-order valence-corrected chi connectivity index (χ0v) is 15.1. The van der Waals surface area contributed by atoms with Gasteiger partial charge in [-0.25, -0.2) is 0 Å². The van der Waals surface area contributed by atoms with Gasteiger partial charge in [0.05, 0.1) is 5.69 Å². The van der Waals surface area contributed by atoms with Crippen LogP contribution < -0.4 is 4.90 Å². The molecule has 0 amide bonds. The summed E-state index contributed by atoms with van der Waals surface area (Å²) < 4.78 is 0. The highest BCUT2D eigenvalue weighted by molar-refractivity contribution is 5.84. The van der Waals surface area contributed by atoms with Crippen LogP contribution >= 0.6 is 0 Å². The molecule has 0 saturated carbocycles. The molecule has 2 aromatic rings. The van der Waals surface area contributed by atoms with E-state index in [0.717, 1.165) is 5.69 Å². The number of rotatable bonds is 5. The molecular weight excluding hydrogens is 292 g/mol. The number of anilines is 1. The molecule has 126 valence electrons. The molecule has 1 heterocycles. The first kappa shape index (κ1) is 16.8. The summed E-state index contributed by atoms with van der Waals surface area (Å²) in [5.41, 5.74) is 6.25. The second-order valence-corrected chi connectivity index (χ2v) is 6.89. The lowest BCUT2D eigenvalue weighted by Gasteiger charge is -2.18. The number of aliphatic imine (C=N–C) groups is 1. The zero-order valence-electron chi connectivity index (χ0n) is 15.1. The summed E-state index contributed by atoms with van der Waals surface area (Å²) in [7, 11) is 0. The smallest absolute Gasteiger partial charge is 0.0630 e. The third-order valence-electron chi connectivity index (χ3n) is 5.15. The molecule has 1 saturated heterocycles. The van der Waals surface area contributed by atoms with Crippen LogP contribution in [0.25, 0.3) is 0 Å². The second kappa shape index (κ2) is 7.65. The fourth-order valence-corrected chi connectivity index (χ4v) is 3.25. The Bertz CT molecular complexity index is 694. The predicted octanol–water partition coefficient (Wildman–Crippen LogP) is 5.86. The van der Waals surface area contributed by atoms with Crippen molar-refractivity contribution in [2.45, 2.75) is 46.0 Å². The van der Waals surface area contributed by atoms with Gasteiger partial charge in [-0.1, -0.05) is 32.0 Å². The van der Waals surface area contributed by atoms with Gasteiger partial charge in [0.25, 0.3) is 0 Å². The molecule has 1 fully saturated rings. The zero-order chi connectivity index (χ0) is 16.9. The Kier molecular flexibility index (Phi) is 5.34. The van der Waals surface area contributed by atoms with E-state index in [-0.39, 0.29) is 0 Å². The lowest BCUT2D eigenvalue weighted by atomic mass is 9.99. The minimum Gasteiger partial charge on any atom is -0.372 e. The van der Waals surface area contributed by atoms with Crippen LogP contribution in [0.2, 0.25) is 0 Å². The summed E-state index contributed by atoms with van der Waals surface area (Å²) in [4.78, 5) is 7.13. The first-order valence-electron chi connectivity index (χ1n) is 9.17. The summed E-state index contributed by atoms with van der Waals surface area (Å²) in [6, 6.07) is 15.3. The van der Waals surface area contributed by atoms with E-state index in [1.54, 1.807) is 0 Å². The lowest BCUT2D eigenvalue weighted by Crippen LogP contribution is -2.17. The monoisotopic (exact) mass is 320 g/mol. The molecule has 24 heavy (non-hydrogen) atoms. The molecule has 0 unspecified atom stereocenters. The maximum atomic E-state index is 4.65. The van der Waals surface area contributed by atoms with Crippen LogP contribution in [0.3, 0.4) is 0 Å². The largest absolute Gasteiger partial charge is 0.372 e. The molecule has 1 aliphatic rings. The van der Waals surface area contributed by atoms with E-state index in [0.29, 0.717) is 5.92 Å². The molecule has 2 heteroatoms. The van der Waals surface area contributed by atoms with Crippen molar-refractivity contribution >= 4 is 17.6 Å². The third kappa shape index (κ3) is 3.87. The molecule has 3 rings (SSSR count). The SMILES string of the molecule is CC[C@H](C)c1ccc(N=Cc2ccc(N3CCCC3)cc2C)cc1. The first-order valence-corrected chi connectivity index (χ1v) is 9.17. The summed E-state index contributed by atoms with van der Waals surface area (Å²) in [6.07, 6.45) is 5.79. The number of hydrogen-bond donors (Lipinski definition) is 0. The number of hydrogen-bond acceptors (Lipinski definition) is 2. The quantitative estimate of drug-likeness (QED) is 0.630. The summed E-state index contributed by atoms with van der Waals surface area (Å²) in [5.74, 6) is 0.614. The third-order valence-corrected chi connectivity index (χ3v) is 5.15. The van der Waals surface area contributed by atoms with Gasteiger partial charge in [-0.05, 0) is 73.1 Å². The number of benzene rings is 2. The maximum absolute atomic E-state index is 4.65. The summed E-state index contributed by atoms with van der Waals surface area (Å²) in [5, 5.41) is 0. The van der Waals surface area contributed by atoms with Gasteiger partial charge >= 0.3 is 0 Å². The molecule has 0 aliphatic carbocycles. The highest BCUT2D eigenvalue weighted by atomic mass is 15.1. The number of aryl methyl sites for hydroxylation is 1. The summed E-state index contributed by atoms with van der Waals surface area (Å²) in [6.45, 7) is 9.05. The van der Waals surface area contributed by atoms with Crippen LogP contribution in [-0.4, -0.2) is 19.3 Å². The van der Waals surface area contributed by atoms with Gasteiger partial charge in [-0.3, -0.25) is 4.99 Å². The van der Waals surface area contributed by atoms with E-state index in [1.165, 1.54) is 54.7 Å². The van der Waals surface area contributed by atoms with Crippen molar-refractivity contribution in [2.24, 2.45) is 4.99 Å². The Morgan fingerprint density at radius 2 is 1.79 bits per heavy atom. The standard InChI is InChI=1S/C22H28N2/c1-4-17(2)19-7-10-21(11-8-19)23-16-20-9-12-22(15-18(20)3)24-13-5-6-14-24/h7-12,15-17H,4-6,13-14H2,1-3H3/t17-/m0/s1. The minimum absolute atomic E-state index is 0.614. The predicted molar refractivity (Wildman–Crippen MR) is 105 cm³/mol. The number of nitrogens with zero attached hydrogens (tertiary/aromatic N) is 2. The molecule has 2 nitrogen and oxygen atoms in total. The maximum Gasteiger partial charge on any atom is 0.0630 e. The first-order chi connectivity index (χ1) is 11.7. The fourth-order valence-electron chi connectivity index (χ4n) is 3.25. The Labute approximate surface area is 146 Å². The molecule has 0 radical (unpaired) electrons. The fraction of sp³-hybridized carbons (Fsp3) is 0.409. The van der Waals surface area contributed by atoms with Crippen molar-refractivity contribution in [3.05, 3.63) is 59.2 Å². The van der Waals surface area contributed by atoms with Crippen LogP contribution in [0.15, 0.2) is 47.5 Å². The van der Waals surface area contributed by atoms with E-state index in [9.17, 15) is 0 Å². The van der Waals surface area contributed by atoms with Crippen LogP contribution in [0.1, 0.15) is 55.7 Å². The molecule has 1 aliphatic heterocycles. The molecule has 2 aromatic carbocycles. The van der Waals surface area contributed by atoms with Crippen molar-refractivity contribution in [1.29, 1.82) is 0 Å². The van der Waals surface area contributed by atoms with Gasteiger partial charge in [0, 0.05) is 25.0 Å².